The zero-order chi connectivity index (χ0) is 12.4. The predicted octanol–water partition coefficient (Wildman–Crippen LogP) is 3.10. The summed E-state index contributed by atoms with van der Waals surface area (Å²) in [4.78, 5) is 4.42. The maximum absolute atomic E-state index is 4.42. The molecule has 0 saturated carbocycles. The van der Waals surface area contributed by atoms with Crippen molar-refractivity contribution in [1.29, 1.82) is 0 Å². The van der Waals surface area contributed by atoms with Crippen LogP contribution in [-0.4, -0.2) is 16.6 Å². The first-order chi connectivity index (χ1) is 8.13. The molecule has 0 aliphatic heterocycles. The summed E-state index contributed by atoms with van der Waals surface area (Å²) in [6.07, 6.45) is 3.79. The summed E-state index contributed by atoms with van der Waals surface area (Å²) < 4.78 is 4.36. The van der Waals surface area contributed by atoms with E-state index in [2.05, 4.69) is 67.0 Å². The molecule has 0 saturated heterocycles. The van der Waals surface area contributed by atoms with Gasteiger partial charge in [-0.15, -0.1) is 0 Å². The van der Waals surface area contributed by atoms with E-state index in [1.54, 1.807) is 0 Å². The SMILES string of the molecule is CNC(c1cc(Br)ccc1I)c1nccn1C. The van der Waals surface area contributed by atoms with Gasteiger partial charge in [-0.2, -0.15) is 0 Å². The molecule has 1 heterocycles. The van der Waals surface area contributed by atoms with Crippen molar-refractivity contribution in [3.05, 3.63) is 50.0 Å². The van der Waals surface area contributed by atoms with E-state index in [4.69, 9.17) is 0 Å². The Kier molecular flexibility index (Phi) is 4.22. The van der Waals surface area contributed by atoms with Crippen LogP contribution in [0.25, 0.3) is 0 Å². The van der Waals surface area contributed by atoms with E-state index in [0.717, 1.165) is 10.3 Å². The fraction of sp³-hybridized carbons (Fsp3) is 0.250. The lowest BCUT2D eigenvalue weighted by atomic mass is 10.1. The number of nitrogens with zero attached hydrogens (tertiary/aromatic N) is 2. The molecule has 0 radical (unpaired) electrons. The fourth-order valence-electron chi connectivity index (χ4n) is 1.81. The smallest absolute Gasteiger partial charge is 0.130 e. The molecule has 2 rings (SSSR count). The molecular weight excluding hydrogens is 393 g/mol. The maximum Gasteiger partial charge on any atom is 0.130 e. The van der Waals surface area contributed by atoms with Gasteiger partial charge in [0.25, 0.3) is 0 Å². The molecule has 0 aliphatic rings. The zero-order valence-electron chi connectivity index (χ0n) is 9.61. The van der Waals surface area contributed by atoms with Crippen molar-refractivity contribution in [3.8, 4) is 0 Å². The van der Waals surface area contributed by atoms with Crippen molar-refractivity contribution in [2.24, 2.45) is 7.05 Å². The van der Waals surface area contributed by atoms with Crippen LogP contribution in [0.1, 0.15) is 17.4 Å². The summed E-state index contributed by atoms with van der Waals surface area (Å²) >= 11 is 5.87. The Bertz CT molecular complexity index is 524. The standard InChI is InChI=1S/C12H13BrIN3/c1-15-11(12-16-5-6-17(12)2)9-7-8(13)3-4-10(9)14/h3-7,11,15H,1-2H3. The lowest BCUT2D eigenvalue weighted by Crippen LogP contribution is -2.22. The summed E-state index contributed by atoms with van der Waals surface area (Å²) in [5, 5.41) is 3.32. The Labute approximate surface area is 123 Å². The molecule has 1 unspecified atom stereocenters. The van der Waals surface area contributed by atoms with Crippen molar-refractivity contribution < 1.29 is 0 Å². The van der Waals surface area contributed by atoms with Gasteiger partial charge in [-0.3, -0.25) is 0 Å². The Morgan fingerprint density at radius 2 is 2.24 bits per heavy atom. The van der Waals surface area contributed by atoms with Gasteiger partial charge >= 0.3 is 0 Å². The van der Waals surface area contributed by atoms with Crippen molar-refractivity contribution in [2.75, 3.05) is 7.05 Å². The molecule has 0 spiro atoms. The fourth-order valence-corrected chi connectivity index (χ4v) is 2.84. The van der Waals surface area contributed by atoms with E-state index >= 15 is 0 Å². The average Bonchev–Trinajstić information content (AvgIpc) is 2.71. The number of aromatic nitrogens is 2. The lowest BCUT2D eigenvalue weighted by molar-refractivity contribution is 0.615. The number of benzene rings is 1. The first-order valence-corrected chi connectivity index (χ1v) is 7.10. The second-order valence-electron chi connectivity index (χ2n) is 3.78. The van der Waals surface area contributed by atoms with E-state index < -0.39 is 0 Å². The molecule has 0 aliphatic carbocycles. The molecule has 3 nitrogen and oxygen atoms in total. The Hall–Kier alpha value is -0.400. The molecule has 1 aromatic carbocycles. The highest BCUT2D eigenvalue weighted by molar-refractivity contribution is 14.1. The van der Waals surface area contributed by atoms with Crippen molar-refractivity contribution in [1.82, 2.24) is 14.9 Å². The highest BCUT2D eigenvalue weighted by atomic mass is 127. The van der Waals surface area contributed by atoms with Gasteiger partial charge in [-0.05, 0) is 53.4 Å². The number of imidazole rings is 1. The van der Waals surface area contributed by atoms with Crippen LogP contribution in [-0.2, 0) is 7.05 Å². The molecule has 1 N–H and O–H groups in total. The third kappa shape index (κ3) is 2.71. The summed E-state index contributed by atoms with van der Waals surface area (Å²) in [6.45, 7) is 0. The molecule has 0 amide bonds. The number of halogens is 2. The van der Waals surface area contributed by atoms with E-state index in [9.17, 15) is 0 Å². The van der Waals surface area contributed by atoms with Crippen LogP contribution in [0.4, 0.5) is 0 Å². The third-order valence-electron chi connectivity index (χ3n) is 2.67. The van der Waals surface area contributed by atoms with Gasteiger partial charge < -0.3 is 9.88 Å². The van der Waals surface area contributed by atoms with Crippen LogP contribution < -0.4 is 5.32 Å². The van der Waals surface area contributed by atoms with Crippen LogP contribution >= 0.6 is 38.5 Å². The second kappa shape index (κ2) is 5.49. The molecule has 0 bridgehead atoms. The average molecular weight is 406 g/mol. The molecule has 17 heavy (non-hydrogen) atoms. The third-order valence-corrected chi connectivity index (χ3v) is 4.15. The highest BCUT2D eigenvalue weighted by Gasteiger charge is 2.18. The van der Waals surface area contributed by atoms with Crippen molar-refractivity contribution >= 4 is 38.5 Å². The van der Waals surface area contributed by atoms with E-state index in [1.165, 1.54) is 9.13 Å². The molecule has 1 aromatic heterocycles. The van der Waals surface area contributed by atoms with Gasteiger partial charge in [-0.1, -0.05) is 15.9 Å². The predicted molar refractivity (Wildman–Crippen MR) is 81.0 cm³/mol. The van der Waals surface area contributed by atoms with Gasteiger partial charge in [0.05, 0.1) is 6.04 Å². The normalized spacial score (nSPS) is 12.7. The first-order valence-electron chi connectivity index (χ1n) is 5.23. The minimum atomic E-state index is 0.111. The number of nitrogens with one attached hydrogen (secondary N) is 1. The van der Waals surface area contributed by atoms with Gasteiger partial charge in [0.15, 0.2) is 0 Å². The number of aryl methyl sites for hydroxylation is 1. The Morgan fingerprint density at radius 3 is 2.82 bits per heavy atom. The Balaban J connectivity index is 2.49. The van der Waals surface area contributed by atoms with Gasteiger partial charge in [-0.25, -0.2) is 4.98 Å². The minimum Gasteiger partial charge on any atom is -0.336 e. The molecule has 90 valence electrons. The molecular formula is C12H13BrIN3. The van der Waals surface area contributed by atoms with Crippen molar-refractivity contribution in [2.45, 2.75) is 6.04 Å². The Morgan fingerprint density at radius 1 is 1.47 bits per heavy atom. The van der Waals surface area contributed by atoms with Crippen LogP contribution in [0, 0.1) is 3.57 Å². The van der Waals surface area contributed by atoms with Crippen molar-refractivity contribution in [3.63, 3.8) is 0 Å². The van der Waals surface area contributed by atoms with Crippen LogP contribution in [0.2, 0.25) is 0 Å². The summed E-state index contributed by atoms with van der Waals surface area (Å²) in [6, 6.07) is 6.40. The maximum atomic E-state index is 4.42. The van der Waals surface area contributed by atoms with E-state index in [0.29, 0.717) is 0 Å². The largest absolute Gasteiger partial charge is 0.336 e. The number of hydrogen-bond donors (Lipinski definition) is 1. The summed E-state index contributed by atoms with van der Waals surface area (Å²) in [5.41, 5.74) is 1.23. The summed E-state index contributed by atoms with van der Waals surface area (Å²) in [5.74, 6) is 1.02. The van der Waals surface area contributed by atoms with Crippen LogP contribution in [0.3, 0.4) is 0 Å². The molecule has 2 aromatic rings. The summed E-state index contributed by atoms with van der Waals surface area (Å²) in [7, 11) is 3.97. The molecule has 1 atom stereocenters. The highest BCUT2D eigenvalue weighted by Crippen LogP contribution is 2.27. The quantitative estimate of drug-likeness (QED) is 0.795. The topological polar surface area (TPSA) is 29.9 Å². The van der Waals surface area contributed by atoms with Crippen LogP contribution in [0.5, 0.6) is 0 Å². The molecule has 5 heteroatoms. The van der Waals surface area contributed by atoms with E-state index in [1.807, 2.05) is 31.1 Å². The molecule has 0 fully saturated rings. The first kappa shape index (κ1) is 13.0. The number of hydrogen-bond acceptors (Lipinski definition) is 2. The lowest BCUT2D eigenvalue weighted by Gasteiger charge is -2.18. The second-order valence-corrected chi connectivity index (χ2v) is 5.86. The van der Waals surface area contributed by atoms with E-state index in [-0.39, 0.29) is 6.04 Å². The van der Waals surface area contributed by atoms with Gasteiger partial charge in [0.1, 0.15) is 5.82 Å². The minimum absolute atomic E-state index is 0.111. The van der Waals surface area contributed by atoms with Gasteiger partial charge in [0.2, 0.25) is 0 Å². The van der Waals surface area contributed by atoms with Gasteiger partial charge in [0, 0.05) is 27.5 Å². The monoisotopic (exact) mass is 405 g/mol. The number of rotatable bonds is 3. The van der Waals surface area contributed by atoms with Crippen LogP contribution in [0.15, 0.2) is 35.1 Å². The zero-order valence-corrected chi connectivity index (χ0v) is 13.4.